The highest BCUT2D eigenvalue weighted by atomic mass is 32.1. The minimum Gasteiger partial charge on any atom is -0.392 e. The maximum absolute atomic E-state index is 16.0. The lowest BCUT2D eigenvalue weighted by molar-refractivity contribution is -0.150. The van der Waals surface area contributed by atoms with Crippen LogP contribution in [0.1, 0.15) is 78.3 Å². The van der Waals surface area contributed by atoms with Crippen LogP contribution >= 0.6 is 11.3 Å². The zero-order valence-electron chi connectivity index (χ0n) is 38.6. The molecule has 1 atom stereocenters. The molecule has 1 spiro atoms. The van der Waals surface area contributed by atoms with Gasteiger partial charge in [-0.3, -0.25) is 24.6 Å². The first kappa shape index (κ1) is 45.7. The number of aliphatic hydroxyl groups is 2. The van der Waals surface area contributed by atoms with Crippen molar-refractivity contribution in [3.8, 4) is 11.1 Å². The monoisotopic (exact) mass is 972 g/mol. The fourth-order valence-electron chi connectivity index (χ4n) is 11.3. The summed E-state index contributed by atoms with van der Waals surface area (Å²) >= 11 is 1.27. The van der Waals surface area contributed by atoms with Crippen LogP contribution < -0.4 is 25.3 Å². The number of thiazole rings is 1. The van der Waals surface area contributed by atoms with Gasteiger partial charge >= 0.3 is 6.03 Å². The number of carbonyl (C=O) groups is 4. The normalized spacial score (nSPS) is 20.4. The van der Waals surface area contributed by atoms with Crippen molar-refractivity contribution < 1.29 is 38.2 Å². The average Bonchev–Trinajstić information content (AvgIpc) is 4.17. The van der Waals surface area contributed by atoms with Crippen molar-refractivity contribution >= 4 is 57.3 Å². The molecule has 19 heteroatoms. The molecule has 4 fully saturated rings. The number of fused-ring (bicyclic) bond motifs is 2. The zero-order chi connectivity index (χ0) is 48.3. The summed E-state index contributed by atoms with van der Waals surface area (Å²) in [5.74, 6) is -1.92. The summed E-state index contributed by atoms with van der Waals surface area (Å²) in [5, 5.41) is 28.4. The summed E-state index contributed by atoms with van der Waals surface area (Å²) in [6.45, 7) is 4.58. The number of urea groups is 1. The second-order valence-corrected chi connectivity index (χ2v) is 20.5. The van der Waals surface area contributed by atoms with E-state index >= 15 is 8.78 Å². The number of aromatic nitrogens is 3. The molecule has 0 aliphatic carbocycles. The number of hydrogen-bond acceptors (Lipinski definition) is 11. The van der Waals surface area contributed by atoms with E-state index in [-0.39, 0.29) is 48.1 Å². The van der Waals surface area contributed by atoms with E-state index in [1.54, 1.807) is 42.2 Å². The van der Waals surface area contributed by atoms with Gasteiger partial charge in [0.05, 0.1) is 42.9 Å². The number of amides is 5. The second kappa shape index (κ2) is 18.2. The number of hydrogen-bond donors (Lipinski definition) is 4. The third-order valence-corrected chi connectivity index (χ3v) is 16.0. The van der Waals surface area contributed by atoms with Gasteiger partial charge in [0, 0.05) is 110 Å². The van der Waals surface area contributed by atoms with Gasteiger partial charge in [-0.2, -0.15) is 0 Å². The molecule has 4 saturated heterocycles. The van der Waals surface area contributed by atoms with Crippen LogP contribution in [-0.2, 0) is 29.1 Å². The Morgan fingerprint density at radius 3 is 2.34 bits per heavy atom. The predicted molar refractivity (Wildman–Crippen MR) is 259 cm³/mol. The maximum Gasteiger partial charge on any atom is 0.326 e. The number of anilines is 4. The Morgan fingerprint density at radius 2 is 1.63 bits per heavy atom. The first-order valence-corrected chi connectivity index (χ1v) is 24.9. The number of aryl methyl sites for hydroxylation is 1. The van der Waals surface area contributed by atoms with Gasteiger partial charge in [-0.15, -0.1) is 11.3 Å². The van der Waals surface area contributed by atoms with Crippen molar-refractivity contribution in [2.75, 3.05) is 72.4 Å². The van der Waals surface area contributed by atoms with Crippen molar-refractivity contribution in [1.82, 2.24) is 29.7 Å². The Labute approximate surface area is 407 Å². The molecule has 1 unspecified atom stereocenters. The molecule has 0 bridgehead atoms. The van der Waals surface area contributed by atoms with Gasteiger partial charge in [0.2, 0.25) is 5.91 Å². The number of nitrogens with zero attached hydrogens (tertiary/aromatic N) is 8. The quantitative estimate of drug-likeness (QED) is 0.119. The molecule has 4 N–H and O–H groups in total. The van der Waals surface area contributed by atoms with Crippen LogP contribution in [0, 0.1) is 17.0 Å². The molecule has 0 radical (unpaired) electrons. The minimum atomic E-state index is -1.18. The summed E-state index contributed by atoms with van der Waals surface area (Å²) < 4.78 is 33.5. The van der Waals surface area contributed by atoms with Gasteiger partial charge in [-0.05, 0) is 98.2 Å². The molecule has 11 rings (SSSR count). The van der Waals surface area contributed by atoms with Crippen LogP contribution in [0.2, 0.25) is 0 Å². The third kappa shape index (κ3) is 8.57. The van der Waals surface area contributed by atoms with Gasteiger partial charge < -0.3 is 39.7 Å². The molecular weight excluding hydrogens is 919 g/mol. The van der Waals surface area contributed by atoms with Crippen LogP contribution in [0.5, 0.6) is 0 Å². The van der Waals surface area contributed by atoms with E-state index in [2.05, 4.69) is 25.5 Å². The van der Waals surface area contributed by atoms with Gasteiger partial charge in [0.1, 0.15) is 11.6 Å². The van der Waals surface area contributed by atoms with Crippen molar-refractivity contribution in [2.24, 2.45) is 5.41 Å². The molecule has 5 aromatic rings. The Morgan fingerprint density at radius 1 is 0.871 bits per heavy atom. The molecule has 70 heavy (non-hydrogen) atoms. The minimum absolute atomic E-state index is 0.0206. The lowest BCUT2D eigenvalue weighted by Crippen LogP contribution is -2.62. The van der Waals surface area contributed by atoms with E-state index in [0.29, 0.717) is 85.4 Å². The molecule has 5 amide bonds. The number of likely N-dealkylation sites (tertiary alicyclic amines) is 1. The Bertz CT molecular complexity index is 2880. The lowest BCUT2D eigenvalue weighted by Gasteiger charge is -2.55. The van der Waals surface area contributed by atoms with Crippen LogP contribution in [0.3, 0.4) is 0 Å². The summed E-state index contributed by atoms with van der Waals surface area (Å²) in [7, 11) is 0. The Kier molecular flexibility index (Phi) is 11.9. The Hall–Kier alpha value is -6.70. The second-order valence-electron chi connectivity index (χ2n) is 19.6. The number of carbonyl (C=O) groups excluding carboxylic acids is 4. The highest BCUT2D eigenvalue weighted by Gasteiger charge is 2.48. The van der Waals surface area contributed by atoms with Crippen LogP contribution in [0.25, 0.3) is 11.1 Å². The number of piperidine rings is 2. The fraction of sp³-hybridized carbons (Fsp3) is 0.412. The smallest absolute Gasteiger partial charge is 0.326 e. The number of halogens is 2. The molecule has 6 aliphatic rings. The Balaban J connectivity index is 0.670. The number of nitrogens with one attached hydrogen (secondary N) is 2. The van der Waals surface area contributed by atoms with Crippen LogP contribution in [0.4, 0.5) is 35.8 Å². The van der Waals surface area contributed by atoms with Gasteiger partial charge in [0.15, 0.2) is 11.2 Å². The molecule has 364 valence electrons. The highest BCUT2D eigenvalue weighted by molar-refractivity contribution is 7.13. The fourth-order valence-corrected chi connectivity index (χ4v) is 11.8. The largest absolute Gasteiger partial charge is 0.392 e. The average molecular weight is 973 g/mol. The molecule has 3 aromatic carbocycles. The van der Waals surface area contributed by atoms with Crippen molar-refractivity contribution in [3.63, 3.8) is 0 Å². The molecule has 0 saturated carbocycles. The van der Waals surface area contributed by atoms with E-state index in [4.69, 9.17) is 5.11 Å². The van der Waals surface area contributed by atoms with Crippen molar-refractivity contribution in [2.45, 2.75) is 76.1 Å². The lowest BCUT2D eigenvalue weighted by atomic mass is 9.71. The summed E-state index contributed by atoms with van der Waals surface area (Å²) in [6.07, 6.45) is 9.48. The van der Waals surface area contributed by atoms with Gasteiger partial charge in [-0.25, -0.2) is 23.5 Å². The third-order valence-electron chi connectivity index (χ3n) is 15.3. The topological polar surface area (TPSA) is 180 Å². The first-order chi connectivity index (χ1) is 33.9. The standard InChI is InChI=1S/C51H54F2N10O6S/c52-39-25-33(24-37-38(39)28-63(47(37)67)45(46(66)57-48-54-15-23-70-48)44-42-2-1-16-60(42)31-55-44)32-3-5-35(6-4-32)58-18-11-50(12-19-58)29-61(30-50)43(65)27-51(69)13-20-59(21-14-51)41-8-7-36(26-40(41)53)62-17-9-34(10-22-64)56-49(62)68/h3-8,10,15,23-26,31,45,64,69H,1-2,9,11-14,16-22,27-30H2,(H,56,68)(H,54,57,66)/b34-10+. The van der Waals surface area contributed by atoms with E-state index < -0.39 is 35.1 Å². The van der Waals surface area contributed by atoms with E-state index in [9.17, 15) is 24.3 Å². The summed E-state index contributed by atoms with van der Waals surface area (Å²) in [5.41, 5.74) is 4.53. The number of aliphatic hydroxyl groups excluding tert-OH is 1. The molecular formula is C51H54F2N10O6S. The van der Waals surface area contributed by atoms with Crippen molar-refractivity contribution in [3.05, 3.63) is 118 Å². The van der Waals surface area contributed by atoms with E-state index in [1.807, 2.05) is 38.6 Å². The molecule has 6 aliphatic heterocycles. The first-order valence-electron chi connectivity index (χ1n) is 24.0. The number of imidazole rings is 1. The molecule has 2 aromatic heterocycles. The van der Waals surface area contributed by atoms with Crippen LogP contribution in [-0.4, -0.2) is 116 Å². The van der Waals surface area contributed by atoms with Crippen LogP contribution in [0.15, 0.2) is 84.3 Å². The number of benzene rings is 3. The molecule has 16 nitrogen and oxygen atoms in total. The summed E-state index contributed by atoms with van der Waals surface area (Å²) in [4.78, 5) is 71.9. The maximum atomic E-state index is 16.0. The zero-order valence-corrected chi connectivity index (χ0v) is 39.4. The van der Waals surface area contributed by atoms with E-state index in [0.717, 1.165) is 62.3 Å². The van der Waals surface area contributed by atoms with E-state index in [1.165, 1.54) is 33.3 Å². The van der Waals surface area contributed by atoms with Crippen molar-refractivity contribution in [1.29, 1.82) is 0 Å². The predicted octanol–water partition coefficient (Wildman–Crippen LogP) is 6.21. The summed E-state index contributed by atoms with van der Waals surface area (Å²) in [6, 6.07) is 14.3. The highest BCUT2D eigenvalue weighted by Crippen LogP contribution is 2.44. The molecule has 8 heterocycles. The SMILES string of the molecule is O=C(Nc1nccs1)C(c1ncn2c1CCC2)N1Cc2c(F)cc(-c3ccc(N4CCC5(CC4)CN(C(=O)CC4(O)CCN(c6ccc(N7CC/C(=C\CO)NC7=O)cc6F)CC4)C5)cc3)cc2C1=O. The van der Waals surface area contributed by atoms with Gasteiger partial charge in [-0.1, -0.05) is 12.1 Å². The number of rotatable bonds is 11. The van der Waals surface area contributed by atoms with Gasteiger partial charge in [0.25, 0.3) is 11.8 Å².